The Morgan fingerprint density at radius 2 is 2.21 bits per heavy atom. The van der Waals surface area contributed by atoms with Crippen molar-refractivity contribution in [3.8, 4) is 0 Å². The zero-order chi connectivity index (χ0) is 14.0. The molecule has 0 radical (unpaired) electrons. The van der Waals surface area contributed by atoms with Gasteiger partial charge in [-0.2, -0.15) is 0 Å². The molecule has 2 atom stereocenters. The third kappa shape index (κ3) is 3.24. The van der Waals surface area contributed by atoms with Crippen LogP contribution in [0, 0.1) is 5.92 Å². The van der Waals surface area contributed by atoms with Crippen molar-refractivity contribution in [2.45, 2.75) is 19.4 Å². The highest BCUT2D eigenvalue weighted by molar-refractivity contribution is 6.33. The van der Waals surface area contributed by atoms with Crippen molar-refractivity contribution in [2.24, 2.45) is 5.92 Å². The molecule has 0 aromatic heterocycles. The van der Waals surface area contributed by atoms with E-state index in [9.17, 15) is 9.59 Å². The molecule has 1 amide bonds. The standard InChI is InChI=1S/C13H14ClNO4/c1-7-4-8(6-19-7)12(16)15-9-2-3-10(13(17)18)11(14)5-9/h2-3,5,7-8H,4,6H2,1H3,(H,15,16)(H,17,18). The Labute approximate surface area is 115 Å². The van der Waals surface area contributed by atoms with Gasteiger partial charge in [0.1, 0.15) is 0 Å². The summed E-state index contributed by atoms with van der Waals surface area (Å²) in [6.45, 7) is 2.33. The summed E-state index contributed by atoms with van der Waals surface area (Å²) in [6.07, 6.45) is 0.779. The van der Waals surface area contributed by atoms with E-state index in [0.29, 0.717) is 18.7 Å². The van der Waals surface area contributed by atoms with Gasteiger partial charge in [-0.3, -0.25) is 4.79 Å². The van der Waals surface area contributed by atoms with Crippen molar-refractivity contribution in [3.05, 3.63) is 28.8 Å². The van der Waals surface area contributed by atoms with Gasteiger partial charge in [0.2, 0.25) is 5.91 Å². The van der Waals surface area contributed by atoms with Crippen LogP contribution in [0.4, 0.5) is 5.69 Å². The highest BCUT2D eigenvalue weighted by Gasteiger charge is 2.28. The first-order chi connectivity index (χ1) is 8.97. The van der Waals surface area contributed by atoms with E-state index >= 15 is 0 Å². The van der Waals surface area contributed by atoms with Gasteiger partial charge >= 0.3 is 5.97 Å². The van der Waals surface area contributed by atoms with Crippen LogP contribution < -0.4 is 5.32 Å². The monoisotopic (exact) mass is 283 g/mol. The summed E-state index contributed by atoms with van der Waals surface area (Å²) >= 11 is 5.83. The molecule has 5 nitrogen and oxygen atoms in total. The van der Waals surface area contributed by atoms with Gasteiger partial charge in [-0.15, -0.1) is 0 Å². The van der Waals surface area contributed by atoms with E-state index in [1.54, 1.807) is 0 Å². The van der Waals surface area contributed by atoms with E-state index in [1.807, 2.05) is 6.92 Å². The fourth-order valence-corrected chi connectivity index (χ4v) is 2.27. The molecule has 1 aliphatic heterocycles. The maximum absolute atomic E-state index is 11.9. The highest BCUT2D eigenvalue weighted by Crippen LogP contribution is 2.24. The molecule has 1 aromatic rings. The van der Waals surface area contributed by atoms with Gasteiger partial charge < -0.3 is 15.2 Å². The number of hydrogen-bond acceptors (Lipinski definition) is 3. The zero-order valence-corrected chi connectivity index (χ0v) is 11.1. The first-order valence-corrected chi connectivity index (χ1v) is 6.30. The Morgan fingerprint density at radius 1 is 1.47 bits per heavy atom. The van der Waals surface area contributed by atoms with Crippen molar-refractivity contribution in [3.63, 3.8) is 0 Å². The van der Waals surface area contributed by atoms with E-state index in [1.165, 1.54) is 18.2 Å². The van der Waals surface area contributed by atoms with Crippen LogP contribution in [0.25, 0.3) is 0 Å². The molecule has 2 unspecified atom stereocenters. The molecule has 0 saturated carbocycles. The molecule has 2 N–H and O–H groups in total. The van der Waals surface area contributed by atoms with Gasteiger partial charge in [0, 0.05) is 5.69 Å². The maximum atomic E-state index is 11.9. The quantitative estimate of drug-likeness (QED) is 0.893. The lowest BCUT2D eigenvalue weighted by Crippen LogP contribution is -2.23. The third-order valence-corrected chi connectivity index (χ3v) is 3.35. The normalized spacial score (nSPS) is 22.2. The molecule has 102 valence electrons. The third-order valence-electron chi connectivity index (χ3n) is 3.04. The number of benzene rings is 1. The summed E-state index contributed by atoms with van der Waals surface area (Å²) in [7, 11) is 0. The largest absolute Gasteiger partial charge is 0.478 e. The molecule has 2 rings (SSSR count). The molecule has 19 heavy (non-hydrogen) atoms. The molecular formula is C13H14ClNO4. The molecular weight excluding hydrogens is 270 g/mol. The van der Waals surface area contributed by atoms with Gasteiger partial charge in [0.15, 0.2) is 0 Å². The smallest absolute Gasteiger partial charge is 0.337 e. The number of anilines is 1. The fourth-order valence-electron chi connectivity index (χ4n) is 2.01. The lowest BCUT2D eigenvalue weighted by atomic mass is 10.1. The molecule has 0 bridgehead atoms. The van der Waals surface area contributed by atoms with E-state index < -0.39 is 5.97 Å². The molecule has 0 aliphatic carbocycles. The maximum Gasteiger partial charge on any atom is 0.337 e. The Morgan fingerprint density at radius 3 is 2.74 bits per heavy atom. The second-order valence-electron chi connectivity index (χ2n) is 4.57. The van der Waals surface area contributed by atoms with Crippen molar-refractivity contribution in [2.75, 3.05) is 11.9 Å². The molecule has 1 aliphatic rings. The first kappa shape index (κ1) is 13.8. The van der Waals surface area contributed by atoms with Gasteiger partial charge in [-0.25, -0.2) is 4.79 Å². The van der Waals surface area contributed by atoms with Crippen molar-refractivity contribution in [1.29, 1.82) is 0 Å². The number of nitrogens with one attached hydrogen (secondary N) is 1. The number of carboxylic acids is 1. The topological polar surface area (TPSA) is 75.6 Å². The summed E-state index contributed by atoms with van der Waals surface area (Å²) in [6, 6.07) is 4.32. The second kappa shape index (κ2) is 5.59. The number of carbonyl (C=O) groups is 2. The minimum Gasteiger partial charge on any atom is -0.478 e. The number of rotatable bonds is 3. The van der Waals surface area contributed by atoms with Gasteiger partial charge in [-0.1, -0.05) is 11.6 Å². The summed E-state index contributed by atoms with van der Waals surface area (Å²) in [5.74, 6) is -1.41. The lowest BCUT2D eigenvalue weighted by molar-refractivity contribution is -0.119. The average Bonchev–Trinajstić information content (AvgIpc) is 2.75. The summed E-state index contributed by atoms with van der Waals surface area (Å²) < 4.78 is 5.33. The van der Waals surface area contributed by atoms with Crippen LogP contribution in [-0.2, 0) is 9.53 Å². The SMILES string of the molecule is CC1CC(C(=O)Nc2ccc(C(=O)O)c(Cl)c2)CO1. The summed E-state index contributed by atoms with van der Waals surface area (Å²) in [5, 5.41) is 11.7. The Balaban J connectivity index is 2.05. The summed E-state index contributed by atoms with van der Waals surface area (Å²) in [4.78, 5) is 22.8. The number of halogens is 1. The van der Waals surface area contributed by atoms with Crippen molar-refractivity contribution < 1.29 is 19.4 Å². The second-order valence-corrected chi connectivity index (χ2v) is 4.97. The van der Waals surface area contributed by atoms with Crippen LogP contribution in [0.2, 0.25) is 5.02 Å². The minimum absolute atomic E-state index is 0.0116. The minimum atomic E-state index is -1.10. The Kier molecular flexibility index (Phi) is 4.07. The summed E-state index contributed by atoms with van der Waals surface area (Å²) in [5.41, 5.74) is 0.497. The first-order valence-electron chi connectivity index (χ1n) is 5.92. The lowest BCUT2D eigenvalue weighted by Gasteiger charge is -2.10. The fraction of sp³-hybridized carbons (Fsp3) is 0.385. The average molecular weight is 284 g/mol. The number of carboxylic acid groups (broad SMARTS) is 1. The highest BCUT2D eigenvalue weighted by atomic mass is 35.5. The van der Waals surface area contributed by atoms with Crippen molar-refractivity contribution in [1.82, 2.24) is 0 Å². The van der Waals surface area contributed by atoms with E-state index in [0.717, 1.165) is 0 Å². The van der Waals surface area contributed by atoms with Crippen LogP contribution in [0.3, 0.4) is 0 Å². The van der Waals surface area contributed by atoms with E-state index in [4.69, 9.17) is 21.4 Å². The van der Waals surface area contributed by atoms with Crippen molar-refractivity contribution >= 4 is 29.2 Å². The zero-order valence-electron chi connectivity index (χ0n) is 10.4. The van der Waals surface area contributed by atoms with Crippen LogP contribution in [0.5, 0.6) is 0 Å². The van der Waals surface area contributed by atoms with Gasteiger partial charge in [-0.05, 0) is 31.5 Å². The number of hydrogen-bond donors (Lipinski definition) is 2. The number of carbonyl (C=O) groups excluding carboxylic acids is 1. The predicted octanol–water partition coefficient (Wildman–Crippen LogP) is 2.40. The van der Waals surface area contributed by atoms with Gasteiger partial charge in [0.25, 0.3) is 0 Å². The van der Waals surface area contributed by atoms with Crippen LogP contribution in [-0.4, -0.2) is 29.7 Å². The van der Waals surface area contributed by atoms with Crippen LogP contribution in [0.1, 0.15) is 23.7 Å². The Bertz CT molecular complexity index is 517. The molecule has 6 heteroatoms. The number of ether oxygens (including phenoxy) is 1. The Hall–Kier alpha value is -1.59. The van der Waals surface area contributed by atoms with E-state index in [2.05, 4.69) is 5.32 Å². The molecule has 1 fully saturated rings. The number of aromatic carboxylic acids is 1. The van der Waals surface area contributed by atoms with E-state index in [-0.39, 0.29) is 28.5 Å². The van der Waals surface area contributed by atoms with Gasteiger partial charge in [0.05, 0.1) is 29.2 Å². The molecule has 0 spiro atoms. The predicted molar refractivity (Wildman–Crippen MR) is 70.6 cm³/mol. The number of amides is 1. The van der Waals surface area contributed by atoms with Crippen LogP contribution >= 0.6 is 11.6 Å². The van der Waals surface area contributed by atoms with Crippen LogP contribution in [0.15, 0.2) is 18.2 Å². The molecule has 1 heterocycles. The molecule has 1 saturated heterocycles. The molecule has 1 aromatic carbocycles.